The van der Waals surface area contributed by atoms with Crippen molar-refractivity contribution < 1.29 is 19.4 Å². The molecular weight excluding hydrogens is 603 g/mol. The number of aliphatic carboxylic acids is 1. The van der Waals surface area contributed by atoms with Crippen molar-refractivity contribution in [1.82, 2.24) is 0 Å². The van der Waals surface area contributed by atoms with E-state index in [1.807, 2.05) is 13.0 Å². The molecule has 110 valence electrons. The number of carbonyl (C=O) groups is 2. The average Bonchev–Trinajstić information content (AvgIpc) is 2.34. The third-order valence-corrected chi connectivity index (χ3v) is 4.89. The van der Waals surface area contributed by atoms with E-state index in [2.05, 4.69) is 73.1 Å². The lowest BCUT2D eigenvalue weighted by Crippen LogP contribution is -2.15. The highest BCUT2D eigenvalue weighted by atomic mass is 127. The molecule has 0 atom stereocenters. The van der Waals surface area contributed by atoms with Gasteiger partial charge >= 0.3 is 5.97 Å². The number of ether oxygens (including phenoxy) is 1. The Labute approximate surface area is 157 Å². The normalized spacial score (nSPS) is 10.2. The third kappa shape index (κ3) is 5.16. The van der Waals surface area contributed by atoms with Gasteiger partial charge in [-0.05, 0) is 80.3 Å². The molecule has 1 aromatic carbocycles. The monoisotopic (exact) mass is 615 g/mol. The van der Waals surface area contributed by atoms with Gasteiger partial charge in [-0.2, -0.15) is 0 Å². The second-order valence-electron chi connectivity index (χ2n) is 3.84. The number of rotatable bonds is 6. The van der Waals surface area contributed by atoms with Gasteiger partial charge in [0.1, 0.15) is 5.75 Å². The van der Waals surface area contributed by atoms with Crippen LogP contribution in [0, 0.1) is 10.7 Å². The van der Waals surface area contributed by atoms with Crippen molar-refractivity contribution in [2.75, 3.05) is 11.9 Å². The molecule has 20 heavy (non-hydrogen) atoms. The first-order chi connectivity index (χ1) is 9.36. The predicted molar refractivity (Wildman–Crippen MR) is 101 cm³/mol. The fraction of sp³-hybridized carbons (Fsp3) is 0.333. The molecule has 0 saturated carbocycles. The predicted octanol–water partition coefficient (Wildman–Crippen LogP) is 3.70. The number of carbonyl (C=O) groups excluding carboxylic acids is 1. The summed E-state index contributed by atoms with van der Waals surface area (Å²) in [7, 11) is 0. The third-order valence-electron chi connectivity index (χ3n) is 2.21. The highest BCUT2D eigenvalue weighted by Crippen LogP contribution is 2.37. The van der Waals surface area contributed by atoms with Crippen LogP contribution in [0.25, 0.3) is 0 Å². The summed E-state index contributed by atoms with van der Waals surface area (Å²) in [5, 5.41) is 11.5. The summed E-state index contributed by atoms with van der Waals surface area (Å²) < 4.78 is 7.71. The lowest BCUT2D eigenvalue weighted by molar-refractivity contribution is -0.139. The first-order valence-corrected chi connectivity index (χ1v) is 8.92. The maximum absolute atomic E-state index is 11.7. The Morgan fingerprint density at radius 2 is 1.95 bits per heavy atom. The van der Waals surface area contributed by atoms with Crippen molar-refractivity contribution in [2.24, 2.45) is 0 Å². The fourth-order valence-corrected chi connectivity index (χ4v) is 5.33. The average molecular weight is 615 g/mol. The van der Waals surface area contributed by atoms with Crippen LogP contribution >= 0.6 is 67.8 Å². The van der Waals surface area contributed by atoms with E-state index in [1.54, 1.807) is 0 Å². The summed E-state index contributed by atoms with van der Waals surface area (Å²) in [6.45, 7) is 1.53. The molecule has 1 aromatic rings. The summed E-state index contributed by atoms with van der Waals surface area (Å²) >= 11 is 6.28. The topological polar surface area (TPSA) is 75.6 Å². The van der Waals surface area contributed by atoms with Gasteiger partial charge in [0.05, 0.1) is 12.8 Å². The Bertz CT molecular complexity index is 534. The van der Waals surface area contributed by atoms with Crippen molar-refractivity contribution in [3.05, 3.63) is 16.8 Å². The maximum atomic E-state index is 11.7. The molecule has 0 unspecified atom stereocenters. The zero-order valence-corrected chi connectivity index (χ0v) is 17.0. The summed E-state index contributed by atoms with van der Waals surface area (Å²) in [5.74, 6) is -0.610. The highest BCUT2D eigenvalue weighted by Gasteiger charge is 2.17. The van der Waals surface area contributed by atoms with Crippen LogP contribution in [0.3, 0.4) is 0 Å². The standard InChI is InChI=1S/C12H12I3NO4/c1-2-3-8(17)16-11-6(13)4-7(14)12(10(11)15)20-5-9(18)19/h4H,2-3,5H2,1H3,(H,16,17)(H,18,19). The molecule has 0 aliphatic rings. The quantitative estimate of drug-likeness (QED) is 0.480. The minimum absolute atomic E-state index is 0.0614. The van der Waals surface area contributed by atoms with Crippen LogP contribution in [0.5, 0.6) is 5.75 Å². The van der Waals surface area contributed by atoms with Gasteiger partial charge < -0.3 is 15.2 Å². The summed E-state index contributed by atoms with van der Waals surface area (Å²) in [4.78, 5) is 22.3. The van der Waals surface area contributed by atoms with E-state index in [-0.39, 0.29) is 5.91 Å². The molecule has 2 N–H and O–H groups in total. The van der Waals surface area contributed by atoms with Crippen molar-refractivity contribution in [3.8, 4) is 5.75 Å². The van der Waals surface area contributed by atoms with Gasteiger partial charge in [0.15, 0.2) is 6.61 Å². The van der Waals surface area contributed by atoms with Crippen LogP contribution in [-0.2, 0) is 9.59 Å². The van der Waals surface area contributed by atoms with Crippen LogP contribution in [0.2, 0.25) is 0 Å². The molecule has 0 fully saturated rings. The van der Waals surface area contributed by atoms with Crippen LogP contribution in [0.4, 0.5) is 5.69 Å². The lowest BCUT2D eigenvalue weighted by Gasteiger charge is -2.15. The van der Waals surface area contributed by atoms with Crippen molar-refractivity contribution >= 4 is 85.3 Å². The van der Waals surface area contributed by atoms with Crippen molar-refractivity contribution in [3.63, 3.8) is 0 Å². The van der Waals surface area contributed by atoms with Gasteiger partial charge in [0.2, 0.25) is 5.91 Å². The van der Waals surface area contributed by atoms with Gasteiger partial charge in [0.25, 0.3) is 0 Å². The number of carboxylic acid groups (broad SMARTS) is 1. The Kier molecular flexibility index (Phi) is 7.79. The van der Waals surface area contributed by atoms with E-state index in [0.29, 0.717) is 21.4 Å². The number of hydrogen-bond acceptors (Lipinski definition) is 3. The van der Waals surface area contributed by atoms with Crippen LogP contribution in [-0.4, -0.2) is 23.6 Å². The minimum Gasteiger partial charge on any atom is -0.480 e. The number of benzene rings is 1. The van der Waals surface area contributed by atoms with Crippen LogP contribution < -0.4 is 10.1 Å². The number of nitrogens with one attached hydrogen (secondary N) is 1. The Morgan fingerprint density at radius 3 is 2.50 bits per heavy atom. The van der Waals surface area contributed by atoms with E-state index in [1.165, 1.54) is 0 Å². The largest absolute Gasteiger partial charge is 0.480 e. The Hall–Kier alpha value is 0.150. The van der Waals surface area contributed by atoms with Gasteiger partial charge in [0, 0.05) is 9.99 Å². The minimum atomic E-state index is -1.04. The molecule has 0 aliphatic heterocycles. The van der Waals surface area contributed by atoms with Gasteiger partial charge in [-0.15, -0.1) is 0 Å². The molecule has 5 nitrogen and oxygen atoms in total. The molecule has 0 radical (unpaired) electrons. The Morgan fingerprint density at radius 1 is 1.30 bits per heavy atom. The van der Waals surface area contributed by atoms with Crippen LogP contribution in [0.15, 0.2) is 6.07 Å². The van der Waals surface area contributed by atoms with Crippen LogP contribution in [0.1, 0.15) is 19.8 Å². The molecular formula is C12H12I3NO4. The van der Waals surface area contributed by atoms with E-state index in [0.717, 1.165) is 13.6 Å². The molecule has 0 saturated heterocycles. The number of carboxylic acids is 1. The first kappa shape index (κ1) is 18.2. The number of hydrogen-bond donors (Lipinski definition) is 2. The van der Waals surface area contributed by atoms with E-state index in [9.17, 15) is 9.59 Å². The molecule has 8 heteroatoms. The second-order valence-corrected chi connectivity index (χ2v) is 7.24. The zero-order valence-electron chi connectivity index (χ0n) is 10.5. The number of amides is 1. The first-order valence-electron chi connectivity index (χ1n) is 5.68. The van der Waals surface area contributed by atoms with E-state index >= 15 is 0 Å². The fourth-order valence-electron chi connectivity index (χ4n) is 1.38. The smallest absolute Gasteiger partial charge is 0.341 e. The SMILES string of the molecule is CCCC(=O)Nc1c(I)cc(I)c(OCC(=O)O)c1I. The van der Waals surface area contributed by atoms with Gasteiger partial charge in [-0.3, -0.25) is 4.79 Å². The maximum Gasteiger partial charge on any atom is 0.341 e. The molecule has 1 amide bonds. The van der Waals surface area contributed by atoms with Crippen molar-refractivity contribution in [2.45, 2.75) is 19.8 Å². The van der Waals surface area contributed by atoms with E-state index in [4.69, 9.17) is 9.84 Å². The number of anilines is 1. The van der Waals surface area contributed by atoms with Gasteiger partial charge in [-0.25, -0.2) is 4.79 Å². The summed E-state index contributed by atoms with van der Waals surface area (Å²) in [6, 6.07) is 1.85. The summed E-state index contributed by atoms with van der Waals surface area (Å²) in [6.07, 6.45) is 1.22. The molecule has 0 spiro atoms. The van der Waals surface area contributed by atoms with E-state index < -0.39 is 12.6 Å². The molecule has 0 aliphatic carbocycles. The molecule has 0 aromatic heterocycles. The highest BCUT2D eigenvalue weighted by molar-refractivity contribution is 14.1. The second kappa shape index (κ2) is 8.56. The molecule has 0 bridgehead atoms. The Balaban J connectivity index is 3.08. The summed E-state index contributed by atoms with van der Waals surface area (Å²) in [5.41, 5.74) is 0.672. The van der Waals surface area contributed by atoms with Gasteiger partial charge in [-0.1, -0.05) is 6.92 Å². The zero-order chi connectivity index (χ0) is 15.3. The molecule has 1 rings (SSSR count). The lowest BCUT2D eigenvalue weighted by atomic mass is 10.2. The molecule has 0 heterocycles. The van der Waals surface area contributed by atoms with Crippen molar-refractivity contribution in [1.29, 1.82) is 0 Å². The number of halogens is 3.